The summed E-state index contributed by atoms with van der Waals surface area (Å²) < 4.78 is 52.5. The minimum Gasteiger partial charge on any atom is -0.508 e. The molecule has 4 aromatic rings. The Hall–Kier alpha value is -3.82. The molecular formula is C34H38F3N5O6. The number of aromatic nitrogens is 3. The Labute approximate surface area is 274 Å². The Morgan fingerprint density at radius 1 is 1.06 bits per heavy atom. The molecule has 48 heavy (non-hydrogen) atoms. The number of aryl methyl sites for hydroxylation is 1. The summed E-state index contributed by atoms with van der Waals surface area (Å²) in [6.45, 7) is 1.83. The molecular weight excluding hydrogens is 631 g/mol. The lowest BCUT2D eigenvalue weighted by Crippen LogP contribution is -2.43. The van der Waals surface area contributed by atoms with Crippen LogP contribution in [-0.2, 0) is 6.42 Å². The molecule has 5 N–H and O–H groups in total. The Balaban J connectivity index is 1.39. The van der Waals surface area contributed by atoms with Gasteiger partial charge in [0.15, 0.2) is 5.82 Å². The normalized spacial score (nSPS) is 27.9. The van der Waals surface area contributed by atoms with Crippen molar-refractivity contribution < 1.29 is 43.4 Å². The molecule has 7 rings (SSSR count). The molecule has 0 bridgehead atoms. The van der Waals surface area contributed by atoms with Crippen molar-refractivity contribution in [2.45, 2.75) is 62.6 Å². The second kappa shape index (κ2) is 12.6. The molecule has 3 saturated heterocycles. The summed E-state index contributed by atoms with van der Waals surface area (Å²) in [6.07, 6.45) is -1.68. The monoisotopic (exact) mass is 669 g/mol. The largest absolute Gasteiger partial charge is 0.508 e. The first kappa shape index (κ1) is 32.7. The highest BCUT2D eigenvalue weighted by Crippen LogP contribution is 2.42. The van der Waals surface area contributed by atoms with Crippen molar-refractivity contribution in [2.24, 2.45) is 5.92 Å². The molecule has 256 valence electrons. The van der Waals surface area contributed by atoms with E-state index in [1.807, 2.05) is 0 Å². The van der Waals surface area contributed by atoms with Gasteiger partial charge < -0.3 is 35.2 Å². The number of aliphatic hydroxyl groups excluding tert-OH is 4. The number of aromatic hydroxyl groups is 1. The summed E-state index contributed by atoms with van der Waals surface area (Å²) in [5.41, 5.74) is -0.521. The quantitative estimate of drug-likeness (QED) is 0.197. The third-order valence-electron chi connectivity index (χ3n) is 10.3. The van der Waals surface area contributed by atoms with Crippen molar-refractivity contribution in [1.29, 1.82) is 0 Å². The molecule has 0 amide bonds. The maximum Gasteiger partial charge on any atom is 0.319 e. The summed E-state index contributed by atoms with van der Waals surface area (Å²) in [7, 11) is 0. The van der Waals surface area contributed by atoms with Crippen LogP contribution in [0.25, 0.3) is 32.9 Å². The Morgan fingerprint density at radius 2 is 1.85 bits per heavy atom. The fourth-order valence-electron chi connectivity index (χ4n) is 7.88. The van der Waals surface area contributed by atoms with Crippen molar-refractivity contribution in [3.8, 4) is 23.0 Å². The highest BCUT2D eigenvalue weighted by Gasteiger charge is 2.49. The molecule has 3 aliphatic rings. The number of alkyl halides is 1. The number of hydrogen-bond acceptors (Lipinski definition) is 11. The highest BCUT2D eigenvalue weighted by atomic mass is 19.1. The summed E-state index contributed by atoms with van der Waals surface area (Å²) in [5.74, 6) is -2.57. The fraction of sp³-hybridized carbons (Fsp3) is 0.500. The molecule has 6 atom stereocenters. The lowest BCUT2D eigenvalue weighted by atomic mass is 9.94. The number of phenols is 1. The highest BCUT2D eigenvalue weighted by molar-refractivity contribution is 6.01. The van der Waals surface area contributed by atoms with Gasteiger partial charge >= 0.3 is 6.01 Å². The molecule has 0 saturated carbocycles. The van der Waals surface area contributed by atoms with E-state index in [1.165, 1.54) is 35.4 Å². The first-order valence-electron chi connectivity index (χ1n) is 16.3. The zero-order valence-corrected chi connectivity index (χ0v) is 26.4. The third kappa shape index (κ3) is 5.49. The van der Waals surface area contributed by atoms with E-state index >= 15 is 4.39 Å². The molecule has 14 heteroatoms. The number of aliphatic hydroxyl groups is 4. The van der Waals surface area contributed by atoms with Crippen LogP contribution < -0.4 is 9.64 Å². The molecule has 0 radical (unpaired) electrons. The van der Waals surface area contributed by atoms with Crippen molar-refractivity contribution >= 4 is 27.5 Å². The number of hydrogen-bond donors (Lipinski definition) is 5. The molecule has 5 heterocycles. The van der Waals surface area contributed by atoms with Crippen LogP contribution in [0.1, 0.15) is 31.7 Å². The molecule has 2 aromatic heterocycles. The predicted molar refractivity (Wildman–Crippen MR) is 171 cm³/mol. The number of rotatable bonds is 7. The second-order valence-electron chi connectivity index (χ2n) is 13.2. The minimum absolute atomic E-state index is 0.0464. The third-order valence-corrected chi connectivity index (χ3v) is 10.3. The SMILES string of the molecule is CCc1c(F)ccc2cc(O)cc(-c3ncc4c(N5C[C@@H](O)[C@H](O)[C@@H](CO)[C@@H](O)C5)nc(OC[C@@]56CCCN5C[C@H](F)C6)nc4c3F)c12. The average molecular weight is 670 g/mol. The maximum absolute atomic E-state index is 16.9. The van der Waals surface area contributed by atoms with Crippen molar-refractivity contribution in [1.82, 2.24) is 19.9 Å². The summed E-state index contributed by atoms with van der Waals surface area (Å²) in [4.78, 5) is 16.9. The van der Waals surface area contributed by atoms with Gasteiger partial charge in [0.25, 0.3) is 0 Å². The van der Waals surface area contributed by atoms with Crippen LogP contribution in [0.4, 0.5) is 19.0 Å². The smallest absolute Gasteiger partial charge is 0.319 e. The summed E-state index contributed by atoms with van der Waals surface area (Å²) in [6, 6.07) is 5.34. The summed E-state index contributed by atoms with van der Waals surface area (Å²) >= 11 is 0. The Morgan fingerprint density at radius 3 is 2.62 bits per heavy atom. The molecule has 0 unspecified atom stereocenters. The van der Waals surface area contributed by atoms with Gasteiger partial charge in [-0.05, 0) is 60.3 Å². The number of anilines is 1. The number of halogens is 3. The van der Waals surface area contributed by atoms with Crippen molar-refractivity contribution in [2.75, 3.05) is 44.3 Å². The van der Waals surface area contributed by atoms with Crippen LogP contribution in [0.5, 0.6) is 11.8 Å². The molecule has 3 fully saturated rings. The van der Waals surface area contributed by atoms with Gasteiger partial charge in [0.1, 0.15) is 41.4 Å². The zero-order chi connectivity index (χ0) is 33.9. The number of phenolic OH excluding ortho intramolecular Hbond substituents is 1. The van der Waals surface area contributed by atoms with Crippen LogP contribution >= 0.6 is 0 Å². The van der Waals surface area contributed by atoms with Crippen LogP contribution in [0.3, 0.4) is 0 Å². The van der Waals surface area contributed by atoms with E-state index in [0.29, 0.717) is 35.7 Å². The maximum atomic E-state index is 16.9. The van der Waals surface area contributed by atoms with Gasteiger partial charge in [0.05, 0.1) is 35.8 Å². The number of β-amino-alcohol motifs (C(OH)–C–C–N with tert-alkyl or cyclic N) is 2. The zero-order valence-electron chi connectivity index (χ0n) is 26.4. The lowest BCUT2D eigenvalue weighted by molar-refractivity contribution is -0.0577. The molecule has 11 nitrogen and oxygen atoms in total. The van der Waals surface area contributed by atoms with Gasteiger partial charge in [-0.3, -0.25) is 9.88 Å². The van der Waals surface area contributed by atoms with Gasteiger partial charge in [-0.1, -0.05) is 13.0 Å². The molecule has 2 aromatic carbocycles. The predicted octanol–water partition coefficient (Wildman–Crippen LogP) is 2.86. The molecule has 0 spiro atoms. The van der Waals surface area contributed by atoms with E-state index in [-0.39, 0.29) is 65.9 Å². The van der Waals surface area contributed by atoms with Crippen molar-refractivity contribution in [3.63, 3.8) is 0 Å². The number of pyridine rings is 1. The van der Waals surface area contributed by atoms with Gasteiger partial charge in [-0.25, -0.2) is 13.2 Å². The topological polar surface area (TPSA) is 156 Å². The van der Waals surface area contributed by atoms with E-state index in [2.05, 4.69) is 19.9 Å². The molecule has 3 aliphatic heterocycles. The lowest BCUT2D eigenvalue weighted by Gasteiger charge is -2.31. The average Bonchev–Trinajstić information content (AvgIpc) is 3.55. The van der Waals surface area contributed by atoms with Gasteiger partial charge in [0.2, 0.25) is 0 Å². The van der Waals surface area contributed by atoms with Crippen LogP contribution in [0, 0.1) is 17.6 Å². The standard InChI is InChI=1S/C34H38F3N5O6/c1-2-20-24(36)5-4-17-8-19(44)9-21(27(17)20)29-28(37)30-22(11-38-29)32(41-13-25(45)23(15-43)31(47)26(46)14-41)40-33(39-30)48-16-34-6-3-7-42(34)12-18(35)10-34/h4-5,8-9,11,18,23,25-26,31,43-47H,2-3,6-7,10,12-16H2,1H3/t18-,23+,25+,26-,31-,34+/m1/s1. The van der Waals surface area contributed by atoms with E-state index in [0.717, 1.165) is 13.0 Å². The van der Waals surface area contributed by atoms with Crippen LogP contribution in [0.15, 0.2) is 30.5 Å². The Bertz CT molecular complexity index is 1870. The second-order valence-corrected chi connectivity index (χ2v) is 13.2. The van der Waals surface area contributed by atoms with E-state index in [4.69, 9.17) is 4.74 Å². The number of ether oxygens (including phenoxy) is 1. The van der Waals surface area contributed by atoms with Crippen molar-refractivity contribution in [3.05, 3.63) is 47.7 Å². The molecule has 0 aliphatic carbocycles. The van der Waals surface area contributed by atoms with Gasteiger partial charge in [-0.2, -0.15) is 9.97 Å². The number of benzene rings is 2. The minimum atomic E-state index is -1.45. The van der Waals surface area contributed by atoms with E-state index < -0.39 is 54.2 Å². The van der Waals surface area contributed by atoms with Gasteiger partial charge in [-0.15, -0.1) is 0 Å². The first-order chi connectivity index (χ1) is 23.0. The number of fused-ring (bicyclic) bond motifs is 3. The Kier molecular flexibility index (Phi) is 8.57. The first-order valence-corrected chi connectivity index (χ1v) is 16.3. The van der Waals surface area contributed by atoms with E-state index in [9.17, 15) is 34.3 Å². The van der Waals surface area contributed by atoms with Crippen LogP contribution in [0.2, 0.25) is 0 Å². The van der Waals surface area contributed by atoms with E-state index in [1.54, 1.807) is 6.92 Å². The fourth-order valence-corrected chi connectivity index (χ4v) is 7.88. The summed E-state index contributed by atoms with van der Waals surface area (Å²) in [5, 5.41) is 53.6. The van der Waals surface area contributed by atoms with Crippen LogP contribution in [-0.4, -0.2) is 115 Å². The number of nitrogens with zero attached hydrogens (tertiary/aromatic N) is 5. The van der Waals surface area contributed by atoms with Gasteiger partial charge in [0, 0.05) is 43.7 Å².